The van der Waals surface area contributed by atoms with Gasteiger partial charge < -0.3 is 0 Å². The predicted octanol–water partition coefficient (Wildman–Crippen LogP) is 1.01. The second-order valence-electron chi connectivity index (χ2n) is 4.39. The van der Waals surface area contributed by atoms with E-state index in [2.05, 4.69) is 43.4 Å². The Labute approximate surface area is 106 Å². The minimum atomic E-state index is 0.898. The van der Waals surface area contributed by atoms with Gasteiger partial charge >= 0.3 is 0 Å². The number of hydrogen-bond acceptors (Lipinski definition) is 0. The van der Waals surface area contributed by atoms with Crippen molar-refractivity contribution in [2.75, 3.05) is 0 Å². The van der Waals surface area contributed by atoms with E-state index in [9.17, 15) is 0 Å². The molecule has 0 aliphatic heterocycles. The van der Waals surface area contributed by atoms with Crippen LogP contribution >= 0.6 is 0 Å². The molecule has 0 bridgehead atoms. The van der Waals surface area contributed by atoms with Crippen molar-refractivity contribution in [2.24, 2.45) is 0 Å². The predicted molar refractivity (Wildman–Crippen MR) is 66.6 cm³/mol. The Hall–Kier alpha value is -2.36. The van der Waals surface area contributed by atoms with E-state index in [1.54, 1.807) is 0 Å². The van der Waals surface area contributed by atoms with E-state index in [1.807, 2.05) is 37.4 Å². The molecule has 18 heavy (non-hydrogen) atoms. The largest absolute Gasteiger partial charge is 0.250 e. The van der Waals surface area contributed by atoms with Crippen molar-refractivity contribution >= 4 is 0 Å². The zero-order chi connectivity index (χ0) is 12.2. The lowest BCUT2D eigenvalue weighted by Gasteiger charge is -2.02. The molecule has 2 N–H and O–H groups in total. The molecular formula is C14H16N4+2. The maximum Gasteiger partial charge on any atom is 0.241 e. The first kappa shape index (κ1) is 10.8. The summed E-state index contributed by atoms with van der Waals surface area (Å²) in [5.74, 6) is 0. The molecular weight excluding hydrogens is 224 g/mol. The average molecular weight is 240 g/mol. The molecule has 3 rings (SSSR count). The summed E-state index contributed by atoms with van der Waals surface area (Å²) in [6.07, 6.45) is 11.9. The number of aromatic amines is 2. The third-order valence-corrected chi connectivity index (χ3v) is 2.93. The van der Waals surface area contributed by atoms with Crippen molar-refractivity contribution in [2.45, 2.75) is 13.1 Å². The molecule has 4 nitrogen and oxygen atoms in total. The highest BCUT2D eigenvalue weighted by Crippen LogP contribution is 2.04. The van der Waals surface area contributed by atoms with Gasteiger partial charge in [0.15, 0.2) is 0 Å². The fraction of sp³-hybridized carbons (Fsp3) is 0.143. The Kier molecular flexibility index (Phi) is 2.92. The third kappa shape index (κ3) is 2.48. The van der Waals surface area contributed by atoms with Crippen molar-refractivity contribution in [1.82, 2.24) is 9.97 Å². The number of rotatable bonds is 4. The van der Waals surface area contributed by atoms with Crippen molar-refractivity contribution < 1.29 is 9.13 Å². The number of H-pyrrole nitrogens is 2. The van der Waals surface area contributed by atoms with Crippen molar-refractivity contribution in [1.29, 1.82) is 0 Å². The lowest BCUT2D eigenvalue weighted by molar-refractivity contribution is -0.688. The maximum atomic E-state index is 3.06. The van der Waals surface area contributed by atoms with E-state index < -0.39 is 0 Å². The SMILES string of the molecule is c1cc(C[n+]2cc[nH]c2)cc(C[n+]2cc[nH]c2)c1. The van der Waals surface area contributed by atoms with Crippen molar-refractivity contribution in [3.8, 4) is 0 Å². The van der Waals surface area contributed by atoms with Crippen LogP contribution in [-0.2, 0) is 13.1 Å². The van der Waals surface area contributed by atoms with Gasteiger partial charge in [0.05, 0.1) is 0 Å². The zero-order valence-corrected chi connectivity index (χ0v) is 10.1. The van der Waals surface area contributed by atoms with Crippen molar-refractivity contribution in [3.05, 3.63) is 72.8 Å². The minimum Gasteiger partial charge on any atom is -0.250 e. The van der Waals surface area contributed by atoms with Gasteiger partial charge in [-0.05, 0) is 17.2 Å². The van der Waals surface area contributed by atoms with E-state index >= 15 is 0 Å². The molecule has 2 heterocycles. The summed E-state index contributed by atoms with van der Waals surface area (Å²) >= 11 is 0. The van der Waals surface area contributed by atoms with Crippen LogP contribution in [0.1, 0.15) is 11.1 Å². The lowest BCUT2D eigenvalue weighted by atomic mass is 10.1. The number of hydrogen-bond donors (Lipinski definition) is 2. The van der Waals surface area contributed by atoms with E-state index in [0.717, 1.165) is 13.1 Å². The van der Waals surface area contributed by atoms with Crippen LogP contribution in [0.3, 0.4) is 0 Å². The molecule has 90 valence electrons. The number of benzene rings is 1. The first-order valence-corrected chi connectivity index (χ1v) is 6.02. The standard InChI is InChI=1S/C14H14N4/c1-2-13(9-17-6-4-15-11-17)8-14(3-1)10-18-7-5-16-12-18/h1-8,11-12H,9-10H2/p+2. The maximum absolute atomic E-state index is 3.06. The van der Waals surface area contributed by atoms with Gasteiger partial charge in [-0.25, -0.2) is 9.13 Å². The summed E-state index contributed by atoms with van der Waals surface area (Å²) in [5, 5.41) is 0. The third-order valence-electron chi connectivity index (χ3n) is 2.93. The highest BCUT2D eigenvalue weighted by Gasteiger charge is 2.03. The van der Waals surface area contributed by atoms with Gasteiger partial charge in [-0.1, -0.05) is 18.2 Å². The molecule has 1 aromatic carbocycles. The first-order chi connectivity index (χ1) is 8.90. The van der Waals surface area contributed by atoms with E-state index in [1.165, 1.54) is 11.1 Å². The zero-order valence-electron chi connectivity index (χ0n) is 10.1. The summed E-state index contributed by atoms with van der Waals surface area (Å²) in [4.78, 5) is 6.11. The second kappa shape index (κ2) is 4.87. The number of nitrogens with one attached hydrogen (secondary N) is 2. The molecule has 0 fully saturated rings. The van der Waals surface area contributed by atoms with Crippen LogP contribution in [0.5, 0.6) is 0 Å². The van der Waals surface area contributed by atoms with E-state index in [0.29, 0.717) is 0 Å². The van der Waals surface area contributed by atoms with Crippen LogP contribution in [0.4, 0.5) is 0 Å². The molecule has 0 spiro atoms. The molecule has 0 atom stereocenters. The van der Waals surface area contributed by atoms with Gasteiger partial charge in [0.2, 0.25) is 12.7 Å². The minimum absolute atomic E-state index is 0.898. The molecule has 0 saturated heterocycles. The molecule has 2 aromatic heterocycles. The Balaban J connectivity index is 1.76. The van der Waals surface area contributed by atoms with Crippen LogP contribution in [0.2, 0.25) is 0 Å². The van der Waals surface area contributed by atoms with Gasteiger partial charge in [-0.15, -0.1) is 0 Å². The van der Waals surface area contributed by atoms with Crippen LogP contribution in [0, 0.1) is 0 Å². The fourth-order valence-corrected chi connectivity index (χ4v) is 2.09. The van der Waals surface area contributed by atoms with Gasteiger partial charge in [0.1, 0.15) is 37.9 Å². The average Bonchev–Trinajstić information content (AvgIpc) is 3.03. The van der Waals surface area contributed by atoms with E-state index in [4.69, 9.17) is 0 Å². The van der Waals surface area contributed by atoms with Crippen LogP contribution in [-0.4, -0.2) is 9.97 Å². The molecule has 4 heteroatoms. The summed E-state index contributed by atoms with van der Waals surface area (Å²) in [6.45, 7) is 1.80. The molecule has 0 unspecified atom stereocenters. The normalized spacial score (nSPS) is 10.7. The second-order valence-corrected chi connectivity index (χ2v) is 4.39. The molecule has 0 saturated carbocycles. The quantitative estimate of drug-likeness (QED) is 0.639. The van der Waals surface area contributed by atoms with Crippen LogP contribution < -0.4 is 9.13 Å². The van der Waals surface area contributed by atoms with Gasteiger partial charge in [-0.2, -0.15) is 0 Å². The highest BCUT2D eigenvalue weighted by atomic mass is 15.0. The number of aromatic nitrogens is 4. The van der Waals surface area contributed by atoms with Crippen molar-refractivity contribution in [3.63, 3.8) is 0 Å². The van der Waals surface area contributed by atoms with Gasteiger partial charge in [-0.3, -0.25) is 9.97 Å². The summed E-state index contributed by atoms with van der Waals surface area (Å²) in [6, 6.07) is 8.68. The topological polar surface area (TPSA) is 39.3 Å². The molecule has 0 radical (unpaired) electrons. The van der Waals surface area contributed by atoms with Gasteiger partial charge in [0, 0.05) is 0 Å². The lowest BCUT2D eigenvalue weighted by Crippen LogP contribution is -2.32. The summed E-state index contributed by atoms with van der Waals surface area (Å²) in [7, 11) is 0. The van der Waals surface area contributed by atoms with E-state index in [-0.39, 0.29) is 0 Å². The Morgan fingerprint density at radius 3 is 1.83 bits per heavy atom. The molecule has 0 aliphatic carbocycles. The first-order valence-electron chi connectivity index (χ1n) is 6.02. The molecule has 0 aliphatic rings. The summed E-state index contributed by atoms with van der Waals surface area (Å²) < 4.78 is 4.26. The Morgan fingerprint density at radius 1 is 0.833 bits per heavy atom. The Morgan fingerprint density at radius 2 is 1.39 bits per heavy atom. The number of nitrogens with zero attached hydrogens (tertiary/aromatic N) is 2. The molecule has 3 aromatic rings. The fourth-order valence-electron chi connectivity index (χ4n) is 2.09. The highest BCUT2D eigenvalue weighted by molar-refractivity contribution is 5.22. The van der Waals surface area contributed by atoms with Crippen LogP contribution in [0.15, 0.2) is 61.7 Å². The summed E-state index contributed by atoms with van der Waals surface area (Å²) in [5.41, 5.74) is 2.63. The molecule has 0 amide bonds. The van der Waals surface area contributed by atoms with Crippen LogP contribution in [0.25, 0.3) is 0 Å². The Bertz CT molecular complexity index is 545. The monoisotopic (exact) mass is 240 g/mol. The number of imidazole rings is 2. The van der Waals surface area contributed by atoms with Gasteiger partial charge in [0.25, 0.3) is 0 Å². The smallest absolute Gasteiger partial charge is 0.241 e.